The molecule has 2 rings (SSSR count). The molecule has 1 saturated heterocycles. The lowest BCUT2D eigenvalue weighted by molar-refractivity contribution is 0.0568. The topological polar surface area (TPSA) is 23.5 Å². The third kappa shape index (κ3) is 4.31. The number of aliphatic hydroxyl groups excluding tert-OH is 1. The molecule has 118 valence electrons. The molecule has 0 radical (unpaired) electrons. The molecule has 0 amide bonds. The van der Waals surface area contributed by atoms with Crippen molar-refractivity contribution in [2.24, 2.45) is 5.92 Å². The van der Waals surface area contributed by atoms with Crippen LogP contribution in [0.2, 0.25) is 0 Å². The molecule has 0 aromatic heterocycles. The molecule has 0 saturated carbocycles. The minimum atomic E-state index is -0.383. The van der Waals surface area contributed by atoms with Crippen LogP contribution in [0, 0.1) is 5.92 Å². The van der Waals surface area contributed by atoms with Crippen molar-refractivity contribution in [3.05, 3.63) is 35.4 Å². The van der Waals surface area contributed by atoms with Crippen molar-refractivity contribution < 1.29 is 5.11 Å². The van der Waals surface area contributed by atoms with Gasteiger partial charge in [0.15, 0.2) is 0 Å². The highest BCUT2D eigenvalue weighted by Crippen LogP contribution is 2.26. The first-order valence-corrected chi connectivity index (χ1v) is 8.30. The van der Waals surface area contributed by atoms with Crippen molar-refractivity contribution in [1.29, 1.82) is 0 Å². The minimum absolute atomic E-state index is 0.167. The lowest BCUT2D eigenvalue weighted by Crippen LogP contribution is -2.43. The number of hydrogen-bond acceptors (Lipinski definition) is 2. The number of benzene rings is 1. The first-order chi connectivity index (χ1) is 9.77. The zero-order valence-electron chi connectivity index (χ0n) is 14.3. The van der Waals surface area contributed by atoms with Crippen molar-refractivity contribution >= 4 is 0 Å². The number of nitrogens with zero attached hydrogens (tertiary/aromatic N) is 1. The van der Waals surface area contributed by atoms with Crippen molar-refractivity contribution in [3.8, 4) is 0 Å². The Labute approximate surface area is 130 Å². The molecule has 21 heavy (non-hydrogen) atoms. The molecule has 1 aromatic rings. The molecule has 0 spiro atoms. The van der Waals surface area contributed by atoms with E-state index in [1.165, 1.54) is 18.4 Å². The third-order valence-electron chi connectivity index (χ3n) is 4.82. The fraction of sp³-hybridized carbons (Fsp3) is 0.684. The van der Waals surface area contributed by atoms with Gasteiger partial charge in [0.2, 0.25) is 0 Å². The molecule has 1 N–H and O–H groups in total. The summed E-state index contributed by atoms with van der Waals surface area (Å²) in [6, 6.07) is 9.07. The summed E-state index contributed by atoms with van der Waals surface area (Å²) in [5.74, 6) is 0.747. The van der Waals surface area contributed by atoms with Crippen LogP contribution in [0.1, 0.15) is 64.7 Å². The number of β-amino-alcohol motifs (C(OH)–C–C–N with tert-alkyl or cyclic N) is 1. The van der Waals surface area contributed by atoms with Crippen molar-refractivity contribution in [2.45, 2.75) is 65.0 Å². The van der Waals surface area contributed by atoms with E-state index in [2.05, 4.69) is 63.8 Å². The van der Waals surface area contributed by atoms with Crippen LogP contribution in [-0.2, 0) is 5.41 Å². The quantitative estimate of drug-likeness (QED) is 0.904. The first kappa shape index (κ1) is 16.5. The van der Waals surface area contributed by atoms with Crippen molar-refractivity contribution in [3.63, 3.8) is 0 Å². The summed E-state index contributed by atoms with van der Waals surface area (Å²) in [5, 5.41) is 10.5. The molecule has 1 aromatic carbocycles. The average Bonchev–Trinajstić information content (AvgIpc) is 2.42. The van der Waals surface area contributed by atoms with E-state index < -0.39 is 0 Å². The smallest absolute Gasteiger partial charge is 0.0917 e. The van der Waals surface area contributed by atoms with Crippen LogP contribution >= 0.6 is 0 Å². The molecule has 2 heteroatoms. The number of hydrogen-bond donors (Lipinski definition) is 1. The fourth-order valence-corrected chi connectivity index (χ4v) is 3.17. The molecule has 2 nitrogen and oxygen atoms in total. The summed E-state index contributed by atoms with van der Waals surface area (Å²) in [4.78, 5) is 2.44. The summed E-state index contributed by atoms with van der Waals surface area (Å²) < 4.78 is 0. The summed E-state index contributed by atoms with van der Waals surface area (Å²) in [5.41, 5.74) is 2.52. The van der Waals surface area contributed by atoms with Gasteiger partial charge in [-0.3, -0.25) is 4.90 Å². The van der Waals surface area contributed by atoms with E-state index in [0.29, 0.717) is 6.04 Å². The molecular formula is C19H31NO. The van der Waals surface area contributed by atoms with Crippen molar-refractivity contribution in [1.82, 2.24) is 4.90 Å². The van der Waals surface area contributed by atoms with E-state index in [9.17, 15) is 5.11 Å². The summed E-state index contributed by atoms with van der Waals surface area (Å²) in [6.07, 6.45) is 2.18. The van der Waals surface area contributed by atoms with E-state index in [4.69, 9.17) is 0 Å². The maximum Gasteiger partial charge on any atom is 0.0917 e. The number of piperidine rings is 1. The van der Waals surface area contributed by atoms with Gasteiger partial charge in [-0.1, -0.05) is 52.0 Å². The maximum absolute atomic E-state index is 10.5. The summed E-state index contributed by atoms with van der Waals surface area (Å²) >= 11 is 0. The monoisotopic (exact) mass is 289 g/mol. The first-order valence-electron chi connectivity index (χ1n) is 8.30. The molecular weight excluding hydrogens is 258 g/mol. The summed E-state index contributed by atoms with van der Waals surface area (Å²) in [6.45, 7) is 13.1. The molecule has 3 unspecified atom stereocenters. The van der Waals surface area contributed by atoms with Gasteiger partial charge in [-0.2, -0.15) is 0 Å². The SMILES string of the molecule is CC1CCC(C)N(CC(O)c2ccc(C(C)(C)C)cc2)C1. The molecule has 1 fully saturated rings. The Morgan fingerprint density at radius 1 is 1.14 bits per heavy atom. The third-order valence-corrected chi connectivity index (χ3v) is 4.82. The minimum Gasteiger partial charge on any atom is -0.387 e. The van der Waals surface area contributed by atoms with Crippen LogP contribution in [0.15, 0.2) is 24.3 Å². The van der Waals surface area contributed by atoms with Crippen LogP contribution in [0.25, 0.3) is 0 Å². The Kier molecular flexibility index (Phi) is 5.11. The number of likely N-dealkylation sites (tertiary alicyclic amines) is 1. The largest absolute Gasteiger partial charge is 0.387 e. The second-order valence-corrected chi connectivity index (χ2v) is 7.87. The maximum atomic E-state index is 10.5. The Morgan fingerprint density at radius 3 is 2.33 bits per heavy atom. The van der Waals surface area contributed by atoms with Gasteiger partial charge < -0.3 is 5.11 Å². The van der Waals surface area contributed by atoms with E-state index >= 15 is 0 Å². The number of rotatable bonds is 3. The normalized spacial score (nSPS) is 25.8. The number of aliphatic hydroxyl groups is 1. The van der Waals surface area contributed by atoms with E-state index in [-0.39, 0.29) is 11.5 Å². The van der Waals surface area contributed by atoms with Gasteiger partial charge in [0.1, 0.15) is 0 Å². The molecule has 1 heterocycles. The Hall–Kier alpha value is -0.860. The fourth-order valence-electron chi connectivity index (χ4n) is 3.17. The second-order valence-electron chi connectivity index (χ2n) is 7.87. The van der Waals surface area contributed by atoms with E-state index in [1.807, 2.05) is 0 Å². The average molecular weight is 289 g/mol. The second kappa shape index (κ2) is 6.50. The molecule has 0 aliphatic carbocycles. The molecule has 3 atom stereocenters. The van der Waals surface area contributed by atoms with Gasteiger partial charge in [0.25, 0.3) is 0 Å². The van der Waals surface area contributed by atoms with Crippen LogP contribution in [0.3, 0.4) is 0 Å². The molecule has 1 aliphatic heterocycles. The van der Waals surface area contributed by atoms with Gasteiger partial charge in [0.05, 0.1) is 6.10 Å². The van der Waals surface area contributed by atoms with E-state index in [1.54, 1.807) is 0 Å². The van der Waals surface area contributed by atoms with Gasteiger partial charge >= 0.3 is 0 Å². The Balaban J connectivity index is 2.01. The predicted molar refractivity (Wildman–Crippen MR) is 89.5 cm³/mol. The Morgan fingerprint density at radius 2 is 1.76 bits per heavy atom. The highest BCUT2D eigenvalue weighted by Gasteiger charge is 2.25. The van der Waals surface area contributed by atoms with Crippen LogP contribution in [0.5, 0.6) is 0 Å². The lowest BCUT2D eigenvalue weighted by atomic mass is 9.86. The van der Waals surface area contributed by atoms with Crippen LogP contribution < -0.4 is 0 Å². The van der Waals surface area contributed by atoms with E-state index in [0.717, 1.165) is 24.6 Å². The molecule has 0 bridgehead atoms. The predicted octanol–water partition coefficient (Wildman–Crippen LogP) is 4.14. The van der Waals surface area contributed by atoms with Gasteiger partial charge in [0, 0.05) is 19.1 Å². The zero-order valence-corrected chi connectivity index (χ0v) is 14.3. The van der Waals surface area contributed by atoms with Gasteiger partial charge in [-0.15, -0.1) is 0 Å². The Bertz CT molecular complexity index is 446. The standard InChI is InChI=1S/C19H31NO/c1-14-6-7-15(2)20(12-14)13-18(21)16-8-10-17(11-9-16)19(3,4)5/h8-11,14-15,18,21H,6-7,12-13H2,1-5H3. The lowest BCUT2D eigenvalue weighted by Gasteiger charge is -2.38. The highest BCUT2D eigenvalue weighted by atomic mass is 16.3. The molecule has 1 aliphatic rings. The van der Waals surface area contributed by atoms with Gasteiger partial charge in [-0.05, 0) is 42.2 Å². The summed E-state index contributed by atoms with van der Waals surface area (Å²) in [7, 11) is 0. The zero-order chi connectivity index (χ0) is 15.6. The van der Waals surface area contributed by atoms with Crippen molar-refractivity contribution in [2.75, 3.05) is 13.1 Å². The van der Waals surface area contributed by atoms with Gasteiger partial charge in [-0.25, -0.2) is 0 Å². The van der Waals surface area contributed by atoms with Crippen LogP contribution in [0.4, 0.5) is 0 Å². The van der Waals surface area contributed by atoms with Crippen LogP contribution in [-0.4, -0.2) is 29.1 Å². The highest BCUT2D eigenvalue weighted by molar-refractivity contribution is 5.28.